The van der Waals surface area contributed by atoms with Gasteiger partial charge in [-0.25, -0.2) is 9.97 Å². The molecular weight excluding hydrogens is 737 g/mol. The molecule has 0 unspecified atom stereocenters. The van der Waals surface area contributed by atoms with Crippen molar-refractivity contribution in [2.75, 3.05) is 0 Å². The molecule has 12 rings (SSSR count). The molecule has 280 valence electrons. The standard InChI is InChI=1S/C28H20O.C27H18N2S/c1-17-9-3-5-11-20(17)25-18(2)28-27(23-14-8-7-13-22(23)25)26-21-12-6-4-10-19(21)15-16-24(26)29-28;1-17-25(29-24-16-6-5-15-23(24)28-17)22-14-8-13-21-20-12-7-11-19(26(20)30-27(21)22)18-9-3-2-4-10-18/h3-16H,1-2H3;2-16H,1H3. The molecule has 0 amide bonds. The fraction of sp³-hybridized carbons (Fsp3) is 0.0545. The van der Waals surface area contributed by atoms with E-state index in [2.05, 4.69) is 172 Å². The minimum absolute atomic E-state index is 0.932. The SMILES string of the molecule is Cc1ccccc1-c1c(C)c2oc3ccc4ccccc4c3c2c2ccccc12.Cc1nc2ccccc2nc1-c1cccc2c1sc1c(-c3ccccc3)cccc12. The predicted molar refractivity (Wildman–Crippen MR) is 252 cm³/mol. The zero-order valence-corrected chi connectivity index (χ0v) is 33.8. The van der Waals surface area contributed by atoms with E-state index in [4.69, 9.17) is 14.4 Å². The first-order valence-electron chi connectivity index (χ1n) is 20.1. The van der Waals surface area contributed by atoms with E-state index in [0.717, 1.165) is 39.2 Å². The summed E-state index contributed by atoms with van der Waals surface area (Å²) < 4.78 is 9.09. The van der Waals surface area contributed by atoms with Crippen LogP contribution in [0.1, 0.15) is 16.8 Å². The highest BCUT2D eigenvalue weighted by Gasteiger charge is 2.21. The van der Waals surface area contributed by atoms with Gasteiger partial charge in [-0.1, -0.05) is 158 Å². The van der Waals surface area contributed by atoms with E-state index >= 15 is 0 Å². The maximum atomic E-state index is 6.50. The average Bonchev–Trinajstić information content (AvgIpc) is 3.88. The molecule has 3 nitrogen and oxygen atoms in total. The first-order chi connectivity index (χ1) is 29.0. The largest absolute Gasteiger partial charge is 0.456 e. The van der Waals surface area contributed by atoms with E-state index in [-0.39, 0.29) is 0 Å². The monoisotopic (exact) mass is 774 g/mol. The highest BCUT2D eigenvalue weighted by Crippen LogP contribution is 2.46. The third kappa shape index (κ3) is 5.71. The van der Waals surface area contributed by atoms with E-state index < -0.39 is 0 Å². The molecule has 3 heterocycles. The zero-order valence-electron chi connectivity index (χ0n) is 33.0. The molecule has 0 fully saturated rings. The molecule has 0 bridgehead atoms. The molecule has 0 aliphatic carbocycles. The molecule has 0 saturated heterocycles. The maximum absolute atomic E-state index is 6.50. The van der Waals surface area contributed by atoms with Gasteiger partial charge in [0, 0.05) is 42.1 Å². The Morgan fingerprint density at radius 2 is 1.03 bits per heavy atom. The topological polar surface area (TPSA) is 38.9 Å². The molecule has 4 heteroatoms. The molecule has 0 spiro atoms. The number of nitrogens with zero attached hydrogens (tertiary/aromatic N) is 2. The van der Waals surface area contributed by atoms with Crippen LogP contribution in [0.15, 0.2) is 180 Å². The van der Waals surface area contributed by atoms with Gasteiger partial charge in [0.2, 0.25) is 0 Å². The van der Waals surface area contributed by atoms with Crippen molar-refractivity contribution in [1.82, 2.24) is 9.97 Å². The van der Waals surface area contributed by atoms with Crippen molar-refractivity contribution in [3.63, 3.8) is 0 Å². The van der Waals surface area contributed by atoms with Gasteiger partial charge >= 0.3 is 0 Å². The van der Waals surface area contributed by atoms with Crippen molar-refractivity contribution in [3.8, 4) is 33.5 Å². The summed E-state index contributed by atoms with van der Waals surface area (Å²) in [5, 5.41) is 10.0. The summed E-state index contributed by atoms with van der Waals surface area (Å²) in [5.74, 6) is 0. The van der Waals surface area contributed by atoms with Crippen LogP contribution in [-0.2, 0) is 0 Å². The van der Waals surface area contributed by atoms with Crippen LogP contribution < -0.4 is 0 Å². The minimum Gasteiger partial charge on any atom is -0.456 e. The second-order valence-electron chi connectivity index (χ2n) is 15.3. The van der Waals surface area contributed by atoms with Gasteiger partial charge in [-0.3, -0.25) is 0 Å². The van der Waals surface area contributed by atoms with Crippen LogP contribution in [-0.4, -0.2) is 9.97 Å². The van der Waals surface area contributed by atoms with Gasteiger partial charge in [-0.2, -0.15) is 0 Å². The van der Waals surface area contributed by atoms with Crippen molar-refractivity contribution < 1.29 is 4.42 Å². The molecule has 59 heavy (non-hydrogen) atoms. The Kier molecular flexibility index (Phi) is 8.35. The van der Waals surface area contributed by atoms with Gasteiger partial charge in [0.1, 0.15) is 11.2 Å². The summed E-state index contributed by atoms with van der Waals surface area (Å²) in [6.07, 6.45) is 0. The lowest BCUT2D eigenvalue weighted by Gasteiger charge is -2.14. The Hall–Kier alpha value is -7.14. The number of aryl methyl sites for hydroxylation is 3. The molecule has 0 radical (unpaired) electrons. The third-order valence-electron chi connectivity index (χ3n) is 11.8. The zero-order chi connectivity index (χ0) is 39.6. The summed E-state index contributed by atoms with van der Waals surface area (Å²) in [4.78, 5) is 9.81. The van der Waals surface area contributed by atoms with Gasteiger partial charge in [0.15, 0.2) is 0 Å². The Balaban J connectivity index is 0.000000135. The lowest BCUT2D eigenvalue weighted by molar-refractivity contribution is 0.666. The predicted octanol–water partition coefficient (Wildman–Crippen LogP) is 15.8. The van der Waals surface area contributed by atoms with Crippen LogP contribution in [0.4, 0.5) is 0 Å². The number of furan rings is 1. The van der Waals surface area contributed by atoms with Crippen LogP contribution in [0.2, 0.25) is 0 Å². The summed E-state index contributed by atoms with van der Waals surface area (Å²) in [7, 11) is 0. The number of thiophene rings is 1. The summed E-state index contributed by atoms with van der Waals surface area (Å²) in [6.45, 7) is 6.43. The minimum atomic E-state index is 0.932. The second-order valence-corrected chi connectivity index (χ2v) is 16.3. The molecule has 0 atom stereocenters. The van der Waals surface area contributed by atoms with Crippen LogP contribution >= 0.6 is 11.3 Å². The number of rotatable bonds is 3. The van der Waals surface area contributed by atoms with Gasteiger partial charge in [0.25, 0.3) is 0 Å². The van der Waals surface area contributed by atoms with Gasteiger partial charge < -0.3 is 4.42 Å². The van der Waals surface area contributed by atoms with Crippen molar-refractivity contribution in [2.24, 2.45) is 0 Å². The molecular formula is C55H38N2OS. The van der Waals surface area contributed by atoms with Crippen LogP contribution in [0.3, 0.4) is 0 Å². The molecule has 0 aliphatic heterocycles. The smallest absolute Gasteiger partial charge is 0.139 e. The van der Waals surface area contributed by atoms with E-state index in [1.165, 1.54) is 85.9 Å². The van der Waals surface area contributed by atoms with E-state index in [9.17, 15) is 0 Å². The number of aromatic nitrogens is 2. The number of para-hydroxylation sites is 2. The summed E-state index contributed by atoms with van der Waals surface area (Å²) >= 11 is 1.85. The van der Waals surface area contributed by atoms with Crippen molar-refractivity contribution in [2.45, 2.75) is 20.8 Å². The third-order valence-corrected chi connectivity index (χ3v) is 13.1. The summed E-state index contributed by atoms with van der Waals surface area (Å²) in [5.41, 5.74) is 14.5. The first-order valence-corrected chi connectivity index (χ1v) is 20.9. The van der Waals surface area contributed by atoms with Crippen molar-refractivity contribution >= 4 is 86.0 Å². The Morgan fingerprint density at radius 1 is 0.441 bits per heavy atom. The van der Waals surface area contributed by atoms with Gasteiger partial charge in [-0.15, -0.1) is 11.3 Å². The van der Waals surface area contributed by atoms with E-state index in [0.29, 0.717) is 0 Å². The summed E-state index contributed by atoms with van der Waals surface area (Å²) in [6, 6.07) is 62.0. The van der Waals surface area contributed by atoms with Crippen molar-refractivity contribution in [1.29, 1.82) is 0 Å². The molecule has 0 saturated carbocycles. The number of hydrogen-bond donors (Lipinski definition) is 0. The lowest BCUT2D eigenvalue weighted by atomic mass is 9.88. The van der Waals surface area contributed by atoms with Gasteiger partial charge in [-0.05, 0) is 88.3 Å². The molecule has 12 aromatic rings. The maximum Gasteiger partial charge on any atom is 0.139 e. The molecule has 3 aromatic heterocycles. The Morgan fingerprint density at radius 3 is 1.81 bits per heavy atom. The van der Waals surface area contributed by atoms with E-state index in [1.807, 2.05) is 35.6 Å². The Labute approximate surface area is 345 Å². The van der Waals surface area contributed by atoms with E-state index in [1.54, 1.807) is 0 Å². The first kappa shape index (κ1) is 35.1. The van der Waals surface area contributed by atoms with Crippen LogP contribution in [0.5, 0.6) is 0 Å². The Bertz CT molecular complexity index is 3600. The number of benzene rings is 9. The van der Waals surface area contributed by atoms with Crippen LogP contribution in [0, 0.1) is 20.8 Å². The second kappa shape index (κ2) is 14.1. The fourth-order valence-electron chi connectivity index (χ4n) is 9.02. The lowest BCUT2D eigenvalue weighted by Crippen LogP contribution is -1.94. The molecule has 9 aromatic carbocycles. The molecule has 0 N–H and O–H groups in total. The van der Waals surface area contributed by atoms with Crippen molar-refractivity contribution in [3.05, 3.63) is 193 Å². The number of fused-ring (bicyclic) bond motifs is 11. The highest BCUT2D eigenvalue weighted by molar-refractivity contribution is 7.26. The quantitative estimate of drug-likeness (QED) is 0.179. The van der Waals surface area contributed by atoms with Gasteiger partial charge in [0.05, 0.1) is 22.4 Å². The fourth-order valence-corrected chi connectivity index (χ4v) is 10.4. The van der Waals surface area contributed by atoms with Crippen LogP contribution in [0.25, 0.3) is 108 Å². The normalized spacial score (nSPS) is 11.6. The average molecular weight is 775 g/mol. The highest BCUT2D eigenvalue weighted by atomic mass is 32.1. The molecule has 0 aliphatic rings. The number of hydrogen-bond acceptors (Lipinski definition) is 4.